The summed E-state index contributed by atoms with van der Waals surface area (Å²) in [6.07, 6.45) is 4.10. The van der Waals surface area contributed by atoms with Crippen LogP contribution in [-0.4, -0.2) is 12.8 Å². The van der Waals surface area contributed by atoms with Crippen LogP contribution in [0.15, 0.2) is 11.8 Å². The van der Waals surface area contributed by atoms with E-state index in [0.717, 1.165) is 6.42 Å². The highest BCUT2D eigenvalue weighted by Gasteiger charge is 2.59. The van der Waals surface area contributed by atoms with Gasteiger partial charge in [0.25, 0.3) is 0 Å². The molecule has 0 amide bonds. The summed E-state index contributed by atoms with van der Waals surface area (Å²) in [5.41, 5.74) is 1.29. The van der Waals surface area contributed by atoms with E-state index in [9.17, 15) is 4.79 Å². The number of allylic oxidation sites excluding steroid dienone is 2. The second-order valence-electron chi connectivity index (χ2n) is 5.44. The predicted octanol–water partition coefficient (Wildman–Crippen LogP) is 1.09. The van der Waals surface area contributed by atoms with Crippen LogP contribution in [-0.2, 0) is 4.79 Å². The Morgan fingerprint density at radius 3 is 2.64 bits per heavy atom. The van der Waals surface area contributed by atoms with E-state index in [0.29, 0.717) is 11.7 Å². The molecule has 0 aromatic heterocycles. The molecule has 0 spiro atoms. The molecule has 0 saturated heterocycles. The monoisotopic (exact) mass is 194 g/mol. The molecule has 2 rings (SSSR count). The normalized spacial score (nSPS) is 39.9. The van der Waals surface area contributed by atoms with Crippen molar-refractivity contribution >= 4 is 5.78 Å². The van der Waals surface area contributed by atoms with Gasteiger partial charge < -0.3 is 5.32 Å². The van der Waals surface area contributed by atoms with E-state index in [2.05, 4.69) is 26.1 Å². The molecule has 1 fully saturated rings. The summed E-state index contributed by atoms with van der Waals surface area (Å²) < 4.78 is 0. The molecule has 0 aromatic carbocycles. The quantitative estimate of drug-likeness (QED) is 0.666. The number of carbonyl (C=O) groups excluding carboxylic acids is 1. The number of nitrogens with two attached hydrogens (primary N) is 1. The van der Waals surface area contributed by atoms with Gasteiger partial charge in [0.2, 0.25) is 0 Å². The van der Waals surface area contributed by atoms with E-state index in [4.69, 9.17) is 0 Å². The van der Waals surface area contributed by atoms with Gasteiger partial charge in [0.1, 0.15) is 5.70 Å². The van der Waals surface area contributed by atoms with Crippen molar-refractivity contribution in [1.29, 1.82) is 0 Å². The Morgan fingerprint density at radius 1 is 1.43 bits per heavy atom. The van der Waals surface area contributed by atoms with Gasteiger partial charge in [0.15, 0.2) is 5.78 Å². The van der Waals surface area contributed by atoms with Crippen molar-refractivity contribution in [3.8, 4) is 0 Å². The molecule has 2 N–H and O–H groups in total. The molecule has 2 atom stereocenters. The summed E-state index contributed by atoms with van der Waals surface area (Å²) in [7, 11) is 2.04. The molecular formula is C12H20NO+. The predicted molar refractivity (Wildman–Crippen MR) is 55.6 cm³/mol. The summed E-state index contributed by atoms with van der Waals surface area (Å²) >= 11 is 0. The minimum atomic E-state index is -0.107. The van der Waals surface area contributed by atoms with Crippen LogP contribution in [0.3, 0.4) is 0 Å². The van der Waals surface area contributed by atoms with Crippen molar-refractivity contribution in [3.05, 3.63) is 11.8 Å². The van der Waals surface area contributed by atoms with Crippen molar-refractivity contribution in [1.82, 2.24) is 0 Å². The number of hydrogen-bond donors (Lipinski definition) is 1. The Bertz CT molecular complexity index is 316. The lowest BCUT2D eigenvalue weighted by atomic mass is 9.60. The molecule has 2 bridgehead atoms. The minimum absolute atomic E-state index is 0.107. The topological polar surface area (TPSA) is 33.7 Å². The smallest absolute Gasteiger partial charge is 0.167 e. The van der Waals surface area contributed by atoms with Gasteiger partial charge in [-0.2, -0.15) is 0 Å². The Balaban J connectivity index is 2.53. The minimum Gasteiger partial charge on any atom is -0.320 e. The molecule has 2 aliphatic rings. The van der Waals surface area contributed by atoms with Gasteiger partial charge in [-0.15, -0.1) is 0 Å². The molecule has 14 heavy (non-hydrogen) atoms. The van der Waals surface area contributed by atoms with Crippen LogP contribution in [0.5, 0.6) is 0 Å². The maximum Gasteiger partial charge on any atom is 0.167 e. The van der Waals surface area contributed by atoms with E-state index in [-0.39, 0.29) is 10.8 Å². The van der Waals surface area contributed by atoms with Crippen LogP contribution >= 0.6 is 0 Å². The number of carbonyl (C=O) groups is 1. The summed E-state index contributed by atoms with van der Waals surface area (Å²) in [5.74, 6) is 0.930. The van der Waals surface area contributed by atoms with Crippen molar-refractivity contribution in [2.45, 2.75) is 33.6 Å². The van der Waals surface area contributed by atoms with Gasteiger partial charge in [-0.3, -0.25) is 4.79 Å². The first-order valence-corrected chi connectivity index (χ1v) is 5.49. The van der Waals surface area contributed by atoms with Gasteiger partial charge >= 0.3 is 0 Å². The van der Waals surface area contributed by atoms with E-state index in [1.165, 1.54) is 12.1 Å². The molecule has 0 aromatic rings. The molecule has 2 aliphatic carbocycles. The van der Waals surface area contributed by atoms with Crippen molar-refractivity contribution < 1.29 is 10.1 Å². The third kappa shape index (κ3) is 0.924. The largest absolute Gasteiger partial charge is 0.320 e. The van der Waals surface area contributed by atoms with Crippen LogP contribution in [0.25, 0.3) is 0 Å². The number of fused-ring (bicyclic) bond motifs is 2. The molecule has 1 saturated carbocycles. The molecule has 78 valence electrons. The zero-order chi connectivity index (χ0) is 10.6. The first kappa shape index (κ1) is 9.91. The van der Waals surface area contributed by atoms with Crippen LogP contribution in [0, 0.1) is 16.7 Å². The number of quaternary nitrogens is 1. The Kier molecular flexibility index (Phi) is 1.91. The number of ketones is 1. The van der Waals surface area contributed by atoms with Gasteiger partial charge in [-0.05, 0) is 18.3 Å². The second kappa shape index (κ2) is 2.69. The molecule has 0 radical (unpaired) electrons. The SMILES string of the molecule is C[NH2+]C1=CC(=O)C2(C)CCC1C2(C)C. The van der Waals surface area contributed by atoms with E-state index >= 15 is 0 Å². The maximum absolute atomic E-state index is 12.1. The summed E-state index contributed by atoms with van der Waals surface area (Å²) in [6, 6.07) is 0. The Labute approximate surface area is 85.8 Å². The molecule has 2 unspecified atom stereocenters. The van der Waals surface area contributed by atoms with Crippen LogP contribution in [0.4, 0.5) is 0 Å². The van der Waals surface area contributed by atoms with Crippen LogP contribution in [0.2, 0.25) is 0 Å². The van der Waals surface area contributed by atoms with Crippen molar-refractivity contribution in [3.63, 3.8) is 0 Å². The average Bonchev–Trinajstić information content (AvgIpc) is 2.29. The van der Waals surface area contributed by atoms with Gasteiger partial charge in [0, 0.05) is 17.4 Å². The third-order valence-electron chi connectivity index (χ3n) is 4.80. The summed E-state index contributed by atoms with van der Waals surface area (Å²) in [6.45, 7) is 6.64. The van der Waals surface area contributed by atoms with Crippen molar-refractivity contribution in [2.24, 2.45) is 16.7 Å². The Morgan fingerprint density at radius 2 is 2.07 bits per heavy atom. The first-order valence-electron chi connectivity index (χ1n) is 5.49. The van der Waals surface area contributed by atoms with E-state index < -0.39 is 0 Å². The van der Waals surface area contributed by atoms with Crippen LogP contribution < -0.4 is 5.32 Å². The third-order valence-corrected chi connectivity index (χ3v) is 4.80. The fraction of sp³-hybridized carbons (Fsp3) is 0.750. The Hall–Kier alpha value is -0.630. The molecule has 2 nitrogen and oxygen atoms in total. The molecule has 0 heterocycles. The van der Waals surface area contributed by atoms with E-state index in [1.807, 2.05) is 13.1 Å². The summed E-state index contributed by atoms with van der Waals surface area (Å²) in [4.78, 5) is 12.1. The summed E-state index contributed by atoms with van der Waals surface area (Å²) in [5, 5.41) is 2.11. The van der Waals surface area contributed by atoms with Crippen molar-refractivity contribution in [2.75, 3.05) is 7.05 Å². The van der Waals surface area contributed by atoms with E-state index in [1.54, 1.807) is 0 Å². The van der Waals surface area contributed by atoms with Crippen LogP contribution in [0.1, 0.15) is 33.6 Å². The number of rotatable bonds is 1. The zero-order valence-electron chi connectivity index (χ0n) is 9.55. The second-order valence-corrected chi connectivity index (χ2v) is 5.44. The molecule has 0 aliphatic heterocycles. The zero-order valence-corrected chi connectivity index (χ0v) is 9.55. The molecule has 2 heteroatoms. The maximum atomic E-state index is 12.1. The van der Waals surface area contributed by atoms with Gasteiger partial charge in [-0.1, -0.05) is 20.8 Å². The fourth-order valence-electron chi connectivity index (χ4n) is 3.22. The first-order chi connectivity index (χ1) is 6.43. The lowest BCUT2D eigenvalue weighted by Gasteiger charge is -2.42. The highest BCUT2D eigenvalue weighted by atomic mass is 16.1. The molecular weight excluding hydrogens is 174 g/mol. The fourth-order valence-corrected chi connectivity index (χ4v) is 3.22. The standard InChI is InChI=1S/C12H19NO/c1-11(2)8-5-6-12(11,3)10(14)7-9(8)13-4/h7-8,13H,5-6H2,1-4H3/p+1. The van der Waals surface area contributed by atoms with Gasteiger partial charge in [0.05, 0.1) is 7.05 Å². The van der Waals surface area contributed by atoms with Gasteiger partial charge in [-0.25, -0.2) is 0 Å². The average molecular weight is 194 g/mol. The number of hydrogen-bond acceptors (Lipinski definition) is 1. The highest BCUT2D eigenvalue weighted by Crippen LogP contribution is 2.60. The lowest BCUT2D eigenvalue weighted by molar-refractivity contribution is -0.585. The highest BCUT2D eigenvalue weighted by molar-refractivity contribution is 5.97. The lowest BCUT2D eigenvalue weighted by Crippen LogP contribution is -2.80.